The highest BCUT2D eigenvalue weighted by atomic mass is 79.9. The molecular formula is C14H20BrFN2O. The monoisotopic (exact) mass is 330 g/mol. The molecule has 0 aromatic heterocycles. The van der Waals surface area contributed by atoms with Gasteiger partial charge in [-0.15, -0.1) is 0 Å². The second-order valence-corrected chi connectivity index (χ2v) is 5.99. The molecule has 2 N–H and O–H groups in total. The summed E-state index contributed by atoms with van der Waals surface area (Å²) < 4.78 is 19.9. The number of ether oxygens (including phenoxy) is 1. The molecule has 1 aliphatic rings. The van der Waals surface area contributed by atoms with Gasteiger partial charge < -0.3 is 10.5 Å². The Labute approximate surface area is 122 Å². The Bertz CT molecular complexity index is 433. The summed E-state index contributed by atoms with van der Waals surface area (Å²) in [5, 5.41) is 0. The molecule has 0 saturated carbocycles. The third kappa shape index (κ3) is 3.54. The molecule has 1 aromatic rings. The molecule has 1 fully saturated rings. The van der Waals surface area contributed by atoms with Crippen LogP contribution >= 0.6 is 15.9 Å². The van der Waals surface area contributed by atoms with Crippen LogP contribution in [0.2, 0.25) is 0 Å². The lowest BCUT2D eigenvalue weighted by atomic mass is 10.0. The Hall–Kier alpha value is -0.490. The lowest BCUT2D eigenvalue weighted by molar-refractivity contribution is -0.0799. The lowest BCUT2D eigenvalue weighted by Gasteiger charge is -2.40. The summed E-state index contributed by atoms with van der Waals surface area (Å²) in [5.41, 5.74) is 6.82. The topological polar surface area (TPSA) is 38.5 Å². The van der Waals surface area contributed by atoms with Crippen LogP contribution in [0.3, 0.4) is 0 Å². The molecular weight excluding hydrogens is 311 g/mol. The first-order valence-electron chi connectivity index (χ1n) is 6.55. The second-order valence-electron chi connectivity index (χ2n) is 5.14. The van der Waals surface area contributed by atoms with E-state index in [0.29, 0.717) is 11.0 Å². The normalized spacial score (nSPS) is 26.4. The molecule has 5 heteroatoms. The number of benzene rings is 1. The summed E-state index contributed by atoms with van der Waals surface area (Å²) in [5.74, 6) is -0.245. The van der Waals surface area contributed by atoms with Crippen molar-refractivity contribution in [1.82, 2.24) is 4.90 Å². The predicted octanol–water partition coefficient (Wildman–Crippen LogP) is 2.70. The minimum absolute atomic E-state index is 0.0383. The molecule has 0 radical (unpaired) electrons. The Kier molecular flexibility index (Phi) is 4.95. The van der Waals surface area contributed by atoms with Crippen LogP contribution in [0.25, 0.3) is 0 Å². The largest absolute Gasteiger partial charge is 0.373 e. The van der Waals surface area contributed by atoms with E-state index in [2.05, 4.69) is 34.7 Å². The van der Waals surface area contributed by atoms with Crippen molar-refractivity contribution in [2.45, 2.75) is 32.1 Å². The van der Waals surface area contributed by atoms with E-state index in [1.807, 2.05) is 6.07 Å². The van der Waals surface area contributed by atoms with Crippen LogP contribution in [0.5, 0.6) is 0 Å². The fourth-order valence-corrected chi connectivity index (χ4v) is 2.93. The molecule has 0 spiro atoms. The number of hydrogen-bond donors (Lipinski definition) is 1. The van der Waals surface area contributed by atoms with Crippen LogP contribution < -0.4 is 5.73 Å². The third-order valence-electron chi connectivity index (χ3n) is 3.44. The minimum atomic E-state index is -0.245. The van der Waals surface area contributed by atoms with Crippen molar-refractivity contribution < 1.29 is 9.13 Å². The van der Waals surface area contributed by atoms with E-state index < -0.39 is 0 Å². The van der Waals surface area contributed by atoms with Gasteiger partial charge in [-0.1, -0.05) is 6.07 Å². The molecule has 1 aromatic carbocycles. The summed E-state index contributed by atoms with van der Waals surface area (Å²) in [7, 11) is 0. The van der Waals surface area contributed by atoms with Gasteiger partial charge in [0.2, 0.25) is 0 Å². The van der Waals surface area contributed by atoms with Gasteiger partial charge >= 0.3 is 0 Å². The highest BCUT2D eigenvalue weighted by Gasteiger charge is 2.28. The van der Waals surface area contributed by atoms with E-state index in [0.717, 1.165) is 18.7 Å². The Morgan fingerprint density at radius 2 is 2.05 bits per heavy atom. The average Bonchev–Trinajstić information content (AvgIpc) is 2.33. The molecule has 19 heavy (non-hydrogen) atoms. The number of halogens is 2. The van der Waals surface area contributed by atoms with E-state index in [1.165, 1.54) is 0 Å². The first-order valence-corrected chi connectivity index (χ1v) is 7.35. The maximum atomic E-state index is 13.7. The van der Waals surface area contributed by atoms with Crippen LogP contribution in [-0.2, 0) is 4.74 Å². The maximum Gasteiger partial charge on any atom is 0.137 e. The van der Waals surface area contributed by atoms with E-state index in [-0.39, 0.29) is 24.1 Å². The second kappa shape index (κ2) is 6.31. The molecule has 1 heterocycles. The highest BCUT2D eigenvalue weighted by molar-refractivity contribution is 9.10. The van der Waals surface area contributed by atoms with Crippen molar-refractivity contribution in [3.8, 4) is 0 Å². The summed E-state index contributed by atoms with van der Waals surface area (Å²) in [6.07, 6.45) is 0.358. The molecule has 0 aliphatic carbocycles. The van der Waals surface area contributed by atoms with Crippen LogP contribution in [0.15, 0.2) is 22.7 Å². The number of hydrogen-bond acceptors (Lipinski definition) is 3. The maximum absolute atomic E-state index is 13.7. The SMILES string of the molecule is C[C@@H]1CN(C(CN)c2ccc(Br)c(F)c2)C[C@H](C)O1. The van der Waals surface area contributed by atoms with Gasteiger partial charge in [0, 0.05) is 25.7 Å². The number of rotatable bonds is 3. The van der Waals surface area contributed by atoms with Gasteiger partial charge in [-0.2, -0.15) is 0 Å². The summed E-state index contributed by atoms with van der Waals surface area (Å²) >= 11 is 3.18. The molecule has 106 valence electrons. The summed E-state index contributed by atoms with van der Waals surface area (Å²) in [4.78, 5) is 2.28. The molecule has 0 bridgehead atoms. The zero-order chi connectivity index (χ0) is 14.0. The first-order chi connectivity index (χ1) is 9.01. The van der Waals surface area contributed by atoms with Gasteiger partial charge in [0.1, 0.15) is 5.82 Å². The quantitative estimate of drug-likeness (QED) is 0.926. The van der Waals surface area contributed by atoms with Gasteiger partial charge in [0.05, 0.1) is 16.7 Å². The van der Waals surface area contributed by atoms with Crippen LogP contribution in [0.4, 0.5) is 4.39 Å². The molecule has 3 nitrogen and oxygen atoms in total. The van der Waals surface area contributed by atoms with Gasteiger partial charge in [-0.05, 0) is 47.5 Å². The minimum Gasteiger partial charge on any atom is -0.373 e. The smallest absolute Gasteiger partial charge is 0.137 e. The number of nitrogens with two attached hydrogens (primary N) is 1. The molecule has 1 aliphatic heterocycles. The van der Waals surface area contributed by atoms with Crippen LogP contribution in [0.1, 0.15) is 25.5 Å². The van der Waals surface area contributed by atoms with Gasteiger partial charge in [-0.3, -0.25) is 4.90 Å². The number of nitrogens with zero attached hydrogens (tertiary/aromatic N) is 1. The fraction of sp³-hybridized carbons (Fsp3) is 0.571. The van der Waals surface area contributed by atoms with Crippen LogP contribution in [-0.4, -0.2) is 36.7 Å². The molecule has 3 atom stereocenters. The first kappa shape index (κ1) is 14.9. The fourth-order valence-electron chi connectivity index (χ4n) is 2.69. The summed E-state index contributed by atoms with van der Waals surface area (Å²) in [6, 6.07) is 5.26. The van der Waals surface area contributed by atoms with Crippen molar-refractivity contribution in [3.05, 3.63) is 34.1 Å². The van der Waals surface area contributed by atoms with Gasteiger partial charge in [0.25, 0.3) is 0 Å². The lowest BCUT2D eigenvalue weighted by Crippen LogP contribution is -2.48. The third-order valence-corrected chi connectivity index (χ3v) is 4.08. The Morgan fingerprint density at radius 1 is 1.42 bits per heavy atom. The predicted molar refractivity (Wildman–Crippen MR) is 77.5 cm³/mol. The molecule has 1 unspecified atom stereocenters. The standard InChI is InChI=1S/C14H20BrFN2O/c1-9-7-18(8-10(2)19-9)14(6-17)11-3-4-12(15)13(16)5-11/h3-5,9-10,14H,6-8,17H2,1-2H3/t9-,10+,14?. The van der Waals surface area contributed by atoms with Crippen molar-refractivity contribution in [1.29, 1.82) is 0 Å². The van der Waals surface area contributed by atoms with Crippen LogP contribution in [0, 0.1) is 5.82 Å². The molecule has 2 rings (SSSR count). The van der Waals surface area contributed by atoms with E-state index in [9.17, 15) is 4.39 Å². The summed E-state index contributed by atoms with van der Waals surface area (Å²) in [6.45, 7) is 6.23. The zero-order valence-electron chi connectivity index (χ0n) is 11.3. The number of morpholine rings is 1. The van der Waals surface area contributed by atoms with Gasteiger partial charge in [-0.25, -0.2) is 4.39 Å². The van der Waals surface area contributed by atoms with Gasteiger partial charge in [0.15, 0.2) is 0 Å². The Balaban J connectivity index is 2.21. The zero-order valence-corrected chi connectivity index (χ0v) is 12.9. The molecule has 0 amide bonds. The van der Waals surface area contributed by atoms with E-state index in [4.69, 9.17) is 10.5 Å². The van der Waals surface area contributed by atoms with Crippen molar-refractivity contribution in [2.24, 2.45) is 5.73 Å². The van der Waals surface area contributed by atoms with Crippen molar-refractivity contribution >= 4 is 15.9 Å². The van der Waals surface area contributed by atoms with Crippen molar-refractivity contribution in [2.75, 3.05) is 19.6 Å². The van der Waals surface area contributed by atoms with E-state index in [1.54, 1.807) is 12.1 Å². The highest BCUT2D eigenvalue weighted by Crippen LogP contribution is 2.26. The van der Waals surface area contributed by atoms with E-state index >= 15 is 0 Å². The Morgan fingerprint density at radius 3 is 2.58 bits per heavy atom. The molecule has 1 saturated heterocycles. The average molecular weight is 331 g/mol. The van der Waals surface area contributed by atoms with Crippen molar-refractivity contribution in [3.63, 3.8) is 0 Å².